The number of para-hydroxylation sites is 1. The number of benzene rings is 3. The van der Waals surface area contributed by atoms with Gasteiger partial charge in [0.05, 0.1) is 4.92 Å². The molecular weight excluding hydrogens is 380 g/mol. The molecule has 1 heterocycles. The Morgan fingerprint density at radius 2 is 1.72 bits per heavy atom. The van der Waals surface area contributed by atoms with Gasteiger partial charge in [-0.25, -0.2) is 8.78 Å². The molecule has 0 atom stereocenters. The smallest absolute Gasteiger partial charge is 0.293 e. The Morgan fingerprint density at radius 1 is 1.00 bits per heavy atom. The van der Waals surface area contributed by atoms with Crippen molar-refractivity contribution in [3.63, 3.8) is 0 Å². The van der Waals surface area contributed by atoms with Crippen molar-refractivity contribution in [2.45, 2.75) is 6.42 Å². The number of nitro groups is 1. The zero-order valence-electron chi connectivity index (χ0n) is 15.1. The number of carbonyl (C=O) groups is 1. The number of rotatable bonds is 4. The molecule has 1 aliphatic rings. The summed E-state index contributed by atoms with van der Waals surface area (Å²) in [5.74, 6) is -2.38. The number of amides is 1. The Morgan fingerprint density at radius 3 is 2.45 bits per heavy atom. The van der Waals surface area contributed by atoms with Crippen molar-refractivity contribution in [3.05, 3.63) is 93.5 Å². The first-order valence-corrected chi connectivity index (χ1v) is 8.84. The summed E-state index contributed by atoms with van der Waals surface area (Å²) in [7, 11) is 0. The predicted molar refractivity (Wildman–Crippen MR) is 105 cm³/mol. The van der Waals surface area contributed by atoms with Gasteiger partial charge in [0.1, 0.15) is 17.3 Å². The molecule has 0 fully saturated rings. The number of nitrogens with zero attached hydrogens (tertiary/aromatic N) is 2. The summed E-state index contributed by atoms with van der Waals surface area (Å²) in [5.41, 5.74) is 2.08. The lowest BCUT2D eigenvalue weighted by molar-refractivity contribution is -0.384. The lowest BCUT2D eigenvalue weighted by Crippen LogP contribution is -2.17. The number of fused-ring (bicyclic) bond motifs is 1. The predicted octanol–water partition coefficient (Wildman–Crippen LogP) is 4.82. The minimum absolute atomic E-state index is 0.0117. The molecule has 3 aromatic rings. The molecule has 8 heteroatoms. The van der Waals surface area contributed by atoms with E-state index < -0.39 is 22.5 Å². The molecule has 0 radical (unpaired) electrons. The standard InChI is InChI=1S/C21H15F2N3O3/c22-15-10-16(23)12-17(11-15)24-21(27)14-5-6-19(20(9-14)26(28)29)25-8-7-13-3-1-2-4-18(13)25/h1-6,9-12H,7-8H2,(H,24,27). The number of halogens is 2. The van der Waals surface area contributed by atoms with E-state index in [0.717, 1.165) is 29.8 Å². The zero-order chi connectivity index (χ0) is 20.5. The van der Waals surface area contributed by atoms with Crippen molar-refractivity contribution in [2.24, 2.45) is 0 Å². The second-order valence-corrected chi connectivity index (χ2v) is 6.60. The van der Waals surface area contributed by atoms with E-state index in [1.165, 1.54) is 18.2 Å². The topological polar surface area (TPSA) is 75.5 Å². The minimum atomic E-state index is -0.839. The van der Waals surface area contributed by atoms with E-state index in [1.807, 2.05) is 29.2 Å². The van der Waals surface area contributed by atoms with Crippen LogP contribution in [0.2, 0.25) is 0 Å². The number of carbonyl (C=O) groups excluding carboxylic acids is 1. The van der Waals surface area contributed by atoms with Crippen LogP contribution in [0.15, 0.2) is 60.7 Å². The molecule has 0 saturated carbocycles. The Hall–Kier alpha value is -3.81. The maximum absolute atomic E-state index is 13.3. The summed E-state index contributed by atoms with van der Waals surface area (Å²) in [6.45, 7) is 0.592. The summed E-state index contributed by atoms with van der Waals surface area (Å²) < 4.78 is 26.6. The van der Waals surface area contributed by atoms with Crippen LogP contribution in [0.4, 0.5) is 31.5 Å². The highest BCUT2D eigenvalue weighted by Gasteiger charge is 2.27. The van der Waals surface area contributed by atoms with Crippen molar-refractivity contribution in [1.82, 2.24) is 0 Å². The second kappa shape index (κ2) is 7.31. The number of nitrogens with one attached hydrogen (secondary N) is 1. The first-order chi connectivity index (χ1) is 13.9. The molecule has 0 bridgehead atoms. The van der Waals surface area contributed by atoms with Crippen LogP contribution in [0, 0.1) is 21.7 Å². The van der Waals surface area contributed by atoms with Gasteiger partial charge in [0, 0.05) is 35.6 Å². The maximum Gasteiger partial charge on any atom is 0.293 e. The second-order valence-electron chi connectivity index (χ2n) is 6.60. The first kappa shape index (κ1) is 18.5. The highest BCUT2D eigenvalue weighted by atomic mass is 19.1. The molecule has 0 aliphatic carbocycles. The van der Waals surface area contributed by atoms with E-state index in [-0.39, 0.29) is 16.9 Å². The van der Waals surface area contributed by atoms with Crippen molar-refractivity contribution < 1.29 is 18.5 Å². The molecule has 4 rings (SSSR count). The fourth-order valence-corrected chi connectivity index (χ4v) is 3.46. The van der Waals surface area contributed by atoms with E-state index in [9.17, 15) is 23.7 Å². The third kappa shape index (κ3) is 3.64. The van der Waals surface area contributed by atoms with Crippen LogP contribution in [0.25, 0.3) is 0 Å². The fraction of sp³-hybridized carbons (Fsp3) is 0.0952. The molecular formula is C21H15F2N3O3. The molecule has 1 N–H and O–H groups in total. The van der Waals surface area contributed by atoms with Gasteiger partial charge in [0.15, 0.2) is 0 Å². The van der Waals surface area contributed by atoms with E-state index >= 15 is 0 Å². The lowest BCUT2D eigenvalue weighted by atomic mass is 10.1. The Labute approximate surface area is 164 Å². The summed E-state index contributed by atoms with van der Waals surface area (Å²) >= 11 is 0. The Balaban J connectivity index is 1.66. The monoisotopic (exact) mass is 395 g/mol. The molecule has 0 aromatic heterocycles. The number of hydrogen-bond acceptors (Lipinski definition) is 4. The summed E-state index contributed by atoms with van der Waals surface area (Å²) in [5, 5.41) is 14.0. The van der Waals surface area contributed by atoms with Gasteiger partial charge < -0.3 is 10.2 Å². The van der Waals surface area contributed by atoms with E-state index in [0.29, 0.717) is 18.3 Å². The Kier molecular flexibility index (Phi) is 4.67. The van der Waals surface area contributed by atoms with Crippen molar-refractivity contribution in [1.29, 1.82) is 0 Å². The van der Waals surface area contributed by atoms with Crippen LogP contribution in [0.3, 0.4) is 0 Å². The molecule has 0 spiro atoms. The highest BCUT2D eigenvalue weighted by Crippen LogP contribution is 2.39. The van der Waals surface area contributed by atoms with E-state index in [1.54, 1.807) is 0 Å². The van der Waals surface area contributed by atoms with Crippen LogP contribution in [-0.2, 0) is 6.42 Å². The number of nitro benzene ring substituents is 1. The summed E-state index contributed by atoms with van der Waals surface area (Å²) in [6.07, 6.45) is 0.765. The molecule has 0 saturated heterocycles. The quantitative estimate of drug-likeness (QED) is 0.508. The third-order valence-corrected chi connectivity index (χ3v) is 4.73. The molecule has 6 nitrogen and oxygen atoms in total. The van der Waals surface area contributed by atoms with Gasteiger partial charge in [-0.3, -0.25) is 14.9 Å². The van der Waals surface area contributed by atoms with Crippen molar-refractivity contribution >= 4 is 28.7 Å². The maximum atomic E-state index is 13.3. The van der Waals surface area contributed by atoms with Crippen LogP contribution in [-0.4, -0.2) is 17.4 Å². The third-order valence-electron chi connectivity index (χ3n) is 4.73. The average molecular weight is 395 g/mol. The van der Waals surface area contributed by atoms with Gasteiger partial charge in [-0.05, 0) is 42.3 Å². The van der Waals surface area contributed by atoms with E-state index in [4.69, 9.17) is 0 Å². The van der Waals surface area contributed by atoms with Crippen LogP contribution in [0.5, 0.6) is 0 Å². The van der Waals surface area contributed by atoms with Gasteiger partial charge in [-0.15, -0.1) is 0 Å². The van der Waals surface area contributed by atoms with Crippen LogP contribution < -0.4 is 10.2 Å². The summed E-state index contributed by atoms with van der Waals surface area (Å²) in [4.78, 5) is 25.4. The van der Waals surface area contributed by atoms with Crippen molar-refractivity contribution in [3.8, 4) is 0 Å². The average Bonchev–Trinajstić information content (AvgIpc) is 3.10. The Bertz CT molecular complexity index is 1110. The molecule has 1 amide bonds. The molecule has 0 unspecified atom stereocenters. The fourth-order valence-electron chi connectivity index (χ4n) is 3.46. The SMILES string of the molecule is O=C(Nc1cc(F)cc(F)c1)c1ccc(N2CCc3ccccc32)c([N+](=O)[O-])c1. The van der Waals surface area contributed by atoms with Gasteiger partial charge >= 0.3 is 0 Å². The highest BCUT2D eigenvalue weighted by molar-refractivity contribution is 6.05. The van der Waals surface area contributed by atoms with Gasteiger partial charge in [0.2, 0.25) is 0 Å². The number of anilines is 3. The lowest BCUT2D eigenvalue weighted by Gasteiger charge is -2.19. The van der Waals surface area contributed by atoms with Crippen LogP contribution in [0.1, 0.15) is 15.9 Å². The van der Waals surface area contributed by atoms with E-state index in [2.05, 4.69) is 5.32 Å². The van der Waals surface area contributed by atoms with Crippen LogP contribution >= 0.6 is 0 Å². The molecule has 3 aromatic carbocycles. The van der Waals surface area contributed by atoms with Gasteiger partial charge in [-0.2, -0.15) is 0 Å². The van der Waals surface area contributed by atoms with Gasteiger partial charge in [0.25, 0.3) is 11.6 Å². The summed E-state index contributed by atoms with van der Waals surface area (Å²) in [6, 6.07) is 14.4. The van der Waals surface area contributed by atoms with Gasteiger partial charge in [-0.1, -0.05) is 18.2 Å². The first-order valence-electron chi connectivity index (χ1n) is 8.84. The molecule has 1 aliphatic heterocycles. The number of hydrogen-bond donors (Lipinski definition) is 1. The van der Waals surface area contributed by atoms with Crippen molar-refractivity contribution in [2.75, 3.05) is 16.8 Å². The minimum Gasteiger partial charge on any atom is -0.335 e. The molecule has 29 heavy (non-hydrogen) atoms. The molecule has 146 valence electrons. The zero-order valence-corrected chi connectivity index (χ0v) is 15.1. The normalized spacial score (nSPS) is 12.6. The largest absolute Gasteiger partial charge is 0.335 e.